The van der Waals surface area contributed by atoms with Gasteiger partial charge in [-0.05, 0) is 62.6 Å². The zero-order valence-corrected chi connectivity index (χ0v) is 13.5. The van der Waals surface area contributed by atoms with Crippen LogP contribution in [0.4, 0.5) is 0 Å². The number of nitrogens with one attached hydrogen (secondary N) is 1. The van der Waals surface area contributed by atoms with Crippen LogP contribution in [0.5, 0.6) is 0 Å². The molecule has 20 heavy (non-hydrogen) atoms. The van der Waals surface area contributed by atoms with Gasteiger partial charge in [-0.25, -0.2) is 0 Å². The molecule has 2 fully saturated rings. The van der Waals surface area contributed by atoms with E-state index in [2.05, 4.69) is 34.7 Å². The molecule has 2 atom stereocenters. The third-order valence-electron chi connectivity index (χ3n) is 4.71. The smallest absolute Gasteiger partial charge is 0.0470 e. The predicted molar refractivity (Wildman–Crippen MR) is 87.3 cm³/mol. The van der Waals surface area contributed by atoms with E-state index in [1.807, 2.05) is 11.3 Å². The monoisotopic (exact) mass is 292 g/mol. The van der Waals surface area contributed by atoms with Crippen LogP contribution in [0.1, 0.15) is 56.4 Å². The quantitative estimate of drug-likeness (QED) is 0.777. The van der Waals surface area contributed by atoms with Crippen molar-refractivity contribution in [2.75, 3.05) is 19.6 Å². The van der Waals surface area contributed by atoms with Crippen LogP contribution in [-0.2, 0) is 0 Å². The summed E-state index contributed by atoms with van der Waals surface area (Å²) in [6.45, 7) is 6.05. The number of hydrogen-bond acceptors (Lipinski definition) is 3. The Morgan fingerprint density at radius 1 is 1.40 bits per heavy atom. The van der Waals surface area contributed by atoms with Crippen molar-refractivity contribution in [1.82, 2.24) is 10.2 Å². The van der Waals surface area contributed by atoms with Gasteiger partial charge in [0.05, 0.1) is 0 Å². The van der Waals surface area contributed by atoms with E-state index in [4.69, 9.17) is 0 Å². The lowest BCUT2D eigenvalue weighted by atomic mass is 10.1. The van der Waals surface area contributed by atoms with Gasteiger partial charge >= 0.3 is 0 Å². The summed E-state index contributed by atoms with van der Waals surface area (Å²) in [6.07, 6.45) is 8.23. The highest BCUT2D eigenvalue weighted by atomic mass is 32.1. The van der Waals surface area contributed by atoms with Gasteiger partial charge in [-0.15, -0.1) is 11.3 Å². The maximum absolute atomic E-state index is 3.68. The molecule has 1 saturated heterocycles. The molecule has 0 bridgehead atoms. The summed E-state index contributed by atoms with van der Waals surface area (Å²) < 4.78 is 0. The van der Waals surface area contributed by atoms with E-state index in [-0.39, 0.29) is 0 Å². The largest absolute Gasteiger partial charge is 0.313 e. The summed E-state index contributed by atoms with van der Waals surface area (Å²) in [5.41, 5.74) is 0. The fourth-order valence-electron chi connectivity index (χ4n) is 3.48. The molecule has 0 spiro atoms. The molecule has 1 aromatic heterocycles. The molecule has 0 radical (unpaired) electrons. The summed E-state index contributed by atoms with van der Waals surface area (Å²) >= 11 is 1.96. The molecular weight excluding hydrogens is 264 g/mol. The van der Waals surface area contributed by atoms with Crippen molar-refractivity contribution in [2.45, 2.75) is 57.5 Å². The van der Waals surface area contributed by atoms with E-state index in [0.717, 1.165) is 12.0 Å². The summed E-state index contributed by atoms with van der Waals surface area (Å²) in [5, 5.41) is 5.93. The second-order valence-electron chi connectivity index (χ2n) is 6.44. The second kappa shape index (κ2) is 7.06. The van der Waals surface area contributed by atoms with E-state index in [9.17, 15) is 0 Å². The van der Waals surface area contributed by atoms with Crippen LogP contribution in [0.15, 0.2) is 17.5 Å². The standard InChI is InChI=1S/C17H28N2S/c1-2-3-11-19(13-15-6-4-10-18-15)17(14-8-9-14)16-7-5-12-20-16/h5,7,12,14-15,17-18H,2-4,6,8-11,13H2,1H3. The van der Waals surface area contributed by atoms with E-state index >= 15 is 0 Å². The number of rotatable bonds is 8. The van der Waals surface area contributed by atoms with Gasteiger partial charge in [0.2, 0.25) is 0 Å². The van der Waals surface area contributed by atoms with Gasteiger partial charge in [0.25, 0.3) is 0 Å². The Kier molecular flexibility index (Phi) is 5.14. The van der Waals surface area contributed by atoms with Crippen LogP contribution in [0.2, 0.25) is 0 Å². The summed E-state index contributed by atoms with van der Waals surface area (Å²) in [5.74, 6) is 0.923. The van der Waals surface area contributed by atoms with Gasteiger partial charge < -0.3 is 5.32 Å². The van der Waals surface area contributed by atoms with Crippen LogP contribution in [0, 0.1) is 5.92 Å². The summed E-state index contributed by atoms with van der Waals surface area (Å²) in [7, 11) is 0. The molecule has 2 aliphatic rings. The minimum atomic E-state index is 0.698. The first-order valence-corrected chi connectivity index (χ1v) is 9.27. The molecule has 0 amide bonds. The Labute approximate surface area is 127 Å². The summed E-state index contributed by atoms with van der Waals surface area (Å²) in [6, 6.07) is 6.01. The fraction of sp³-hybridized carbons (Fsp3) is 0.765. The van der Waals surface area contributed by atoms with Gasteiger partial charge in [0, 0.05) is 23.5 Å². The van der Waals surface area contributed by atoms with Crippen molar-refractivity contribution < 1.29 is 0 Å². The molecule has 1 aliphatic carbocycles. The van der Waals surface area contributed by atoms with Crippen LogP contribution in [0.25, 0.3) is 0 Å². The molecule has 2 heterocycles. The third kappa shape index (κ3) is 3.63. The number of unbranched alkanes of at least 4 members (excludes halogenated alkanes) is 1. The molecule has 2 unspecified atom stereocenters. The van der Waals surface area contributed by atoms with Crippen LogP contribution >= 0.6 is 11.3 Å². The number of nitrogens with zero attached hydrogens (tertiary/aromatic N) is 1. The molecule has 1 saturated carbocycles. The summed E-state index contributed by atoms with van der Waals surface area (Å²) in [4.78, 5) is 4.40. The van der Waals surface area contributed by atoms with Crippen molar-refractivity contribution in [3.05, 3.63) is 22.4 Å². The van der Waals surface area contributed by atoms with Crippen molar-refractivity contribution in [1.29, 1.82) is 0 Å². The number of hydrogen-bond donors (Lipinski definition) is 1. The lowest BCUT2D eigenvalue weighted by Crippen LogP contribution is -2.40. The fourth-order valence-corrected chi connectivity index (χ4v) is 4.44. The lowest BCUT2D eigenvalue weighted by Gasteiger charge is -2.33. The van der Waals surface area contributed by atoms with Gasteiger partial charge in [0.1, 0.15) is 0 Å². The topological polar surface area (TPSA) is 15.3 Å². The minimum absolute atomic E-state index is 0.698. The Hall–Kier alpha value is -0.380. The van der Waals surface area contributed by atoms with Gasteiger partial charge in [-0.2, -0.15) is 0 Å². The Morgan fingerprint density at radius 3 is 2.90 bits per heavy atom. The first-order valence-electron chi connectivity index (χ1n) is 8.39. The van der Waals surface area contributed by atoms with Gasteiger partial charge in [-0.3, -0.25) is 4.90 Å². The van der Waals surface area contributed by atoms with Crippen molar-refractivity contribution in [3.63, 3.8) is 0 Å². The molecule has 1 aromatic rings. The van der Waals surface area contributed by atoms with Gasteiger partial charge in [0.15, 0.2) is 0 Å². The molecule has 3 rings (SSSR count). The minimum Gasteiger partial charge on any atom is -0.313 e. The van der Waals surface area contributed by atoms with Crippen LogP contribution in [-0.4, -0.2) is 30.6 Å². The number of thiophene rings is 1. The van der Waals surface area contributed by atoms with Crippen molar-refractivity contribution in [2.24, 2.45) is 5.92 Å². The first kappa shape index (κ1) is 14.6. The Morgan fingerprint density at radius 2 is 2.30 bits per heavy atom. The average Bonchev–Trinajstić information content (AvgIpc) is 2.94. The van der Waals surface area contributed by atoms with E-state index in [1.54, 1.807) is 4.88 Å². The van der Waals surface area contributed by atoms with E-state index < -0.39 is 0 Å². The highest BCUT2D eigenvalue weighted by Crippen LogP contribution is 2.46. The molecule has 0 aromatic carbocycles. The second-order valence-corrected chi connectivity index (χ2v) is 7.42. The Balaban J connectivity index is 1.70. The van der Waals surface area contributed by atoms with Crippen LogP contribution in [0.3, 0.4) is 0 Å². The zero-order chi connectivity index (χ0) is 13.8. The van der Waals surface area contributed by atoms with Crippen molar-refractivity contribution in [3.8, 4) is 0 Å². The molecule has 2 nitrogen and oxygen atoms in total. The third-order valence-corrected chi connectivity index (χ3v) is 5.66. The normalized spacial score (nSPS) is 24.4. The van der Waals surface area contributed by atoms with E-state index in [0.29, 0.717) is 6.04 Å². The maximum Gasteiger partial charge on any atom is 0.0470 e. The molecular formula is C17H28N2S. The highest BCUT2D eigenvalue weighted by molar-refractivity contribution is 7.10. The zero-order valence-electron chi connectivity index (χ0n) is 12.7. The van der Waals surface area contributed by atoms with Crippen molar-refractivity contribution >= 4 is 11.3 Å². The molecule has 3 heteroatoms. The maximum atomic E-state index is 3.68. The average molecular weight is 292 g/mol. The Bertz CT molecular complexity index is 380. The predicted octanol–water partition coefficient (Wildman–Crippen LogP) is 4.05. The van der Waals surface area contributed by atoms with E-state index in [1.165, 1.54) is 58.2 Å². The van der Waals surface area contributed by atoms with Crippen LogP contribution < -0.4 is 5.32 Å². The molecule has 1 aliphatic heterocycles. The van der Waals surface area contributed by atoms with Gasteiger partial charge in [-0.1, -0.05) is 19.4 Å². The lowest BCUT2D eigenvalue weighted by molar-refractivity contribution is 0.162. The SMILES string of the molecule is CCCCN(CC1CCCN1)C(c1cccs1)C1CC1. The molecule has 112 valence electrons. The first-order chi connectivity index (χ1) is 9.88. The molecule has 1 N–H and O–H groups in total. The highest BCUT2D eigenvalue weighted by Gasteiger charge is 2.37.